The summed E-state index contributed by atoms with van der Waals surface area (Å²) in [4.78, 5) is 17.4. The van der Waals surface area contributed by atoms with Gasteiger partial charge in [-0.15, -0.1) is 11.3 Å². The van der Waals surface area contributed by atoms with E-state index in [1.807, 2.05) is 6.92 Å². The largest absolute Gasteiger partial charge is 0.416 e. The lowest BCUT2D eigenvalue weighted by molar-refractivity contribution is -0.207. The van der Waals surface area contributed by atoms with Gasteiger partial charge in [0.2, 0.25) is 0 Å². The maximum atomic E-state index is 12.3. The summed E-state index contributed by atoms with van der Waals surface area (Å²) in [6.45, 7) is 1.07. The fourth-order valence-corrected chi connectivity index (χ4v) is 2.53. The zero-order chi connectivity index (χ0) is 14.2. The molecule has 0 radical (unpaired) electrons. The molecule has 4 nitrogen and oxygen atoms in total. The molecule has 0 saturated carbocycles. The second-order valence-corrected chi connectivity index (χ2v) is 5.16. The molecule has 0 saturated heterocycles. The van der Waals surface area contributed by atoms with Crippen molar-refractivity contribution >= 4 is 21.6 Å². The molecule has 2 aromatic rings. The zero-order valence-corrected chi connectivity index (χ0v) is 10.8. The van der Waals surface area contributed by atoms with Crippen LogP contribution < -0.4 is 5.56 Å². The summed E-state index contributed by atoms with van der Waals surface area (Å²) in [5.41, 5.74) is -0.566. The van der Waals surface area contributed by atoms with E-state index in [4.69, 9.17) is 5.11 Å². The molecule has 0 spiro atoms. The molecule has 0 aliphatic carbocycles. The Bertz CT molecular complexity index is 647. The van der Waals surface area contributed by atoms with Gasteiger partial charge in [-0.1, -0.05) is 6.92 Å². The lowest BCUT2D eigenvalue weighted by Crippen LogP contribution is -2.36. The molecule has 2 aromatic heterocycles. The van der Waals surface area contributed by atoms with E-state index in [9.17, 15) is 18.0 Å². The van der Waals surface area contributed by atoms with E-state index >= 15 is 0 Å². The summed E-state index contributed by atoms with van der Waals surface area (Å²) in [6, 6.07) is 1.63. The molecule has 0 aliphatic heterocycles. The average molecular weight is 292 g/mol. The Morgan fingerprint density at radius 2 is 2.21 bits per heavy atom. The number of aryl methyl sites for hydroxylation is 1. The molecule has 8 heteroatoms. The Morgan fingerprint density at radius 3 is 2.79 bits per heavy atom. The van der Waals surface area contributed by atoms with Crippen LogP contribution in [0.1, 0.15) is 11.8 Å². The van der Waals surface area contributed by atoms with Crippen molar-refractivity contribution in [3.63, 3.8) is 0 Å². The van der Waals surface area contributed by atoms with Gasteiger partial charge in [-0.05, 0) is 12.5 Å². The van der Waals surface area contributed by atoms with Gasteiger partial charge in [0.05, 0.1) is 18.3 Å². The van der Waals surface area contributed by atoms with Crippen LogP contribution in [-0.2, 0) is 13.0 Å². The van der Waals surface area contributed by atoms with Gasteiger partial charge in [-0.2, -0.15) is 13.2 Å². The number of fused-ring (bicyclic) bond motifs is 1. The Hall–Kier alpha value is -1.41. The van der Waals surface area contributed by atoms with Crippen LogP contribution >= 0.6 is 11.3 Å². The molecule has 0 fully saturated rings. The Kier molecular flexibility index (Phi) is 3.64. The molecule has 1 atom stereocenters. The molecule has 104 valence electrons. The van der Waals surface area contributed by atoms with Crippen LogP contribution in [0.15, 0.2) is 17.2 Å². The number of aliphatic hydroxyl groups is 1. The summed E-state index contributed by atoms with van der Waals surface area (Å²) in [7, 11) is 0. The van der Waals surface area contributed by atoms with Crippen molar-refractivity contribution < 1.29 is 18.3 Å². The molecule has 2 rings (SSSR count). The fraction of sp³-hybridized carbons (Fsp3) is 0.455. The number of thiophene rings is 1. The quantitative estimate of drug-likeness (QED) is 0.940. The topological polar surface area (TPSA) is 55.1 Å². The van der Waals surface area contributed by atoms with Gasteiger partial charge in [0.15, 0.2) is 6.10 Å². The van der Waals surface area contributed by atoms with E-state index in [1.165, 1.54) is 11.3 Å². The number of hydrogen-bond acceptors (Lipinski definition) is 4. The van der Waals surface area contributed by atoms with Crippen LogP contribution in [0.25, 0.3) is 10.2 Å². The van der Waals surface area contributed by atoms with Crippen LogP contribution in [0.3, 0.4) is 0 Å². The maximum absolute atomic E-state index is 12.3. The van der Waals surface area contributed by atoms with Crippen LogP contribution in [0.4, 0.5) is 13.2 Å². The van der Waals surface area contributed by atoms with E-state index in [0.717, 1.165) is 22.2 Å². The second kappa shape index (κ2) is 4.93. The Labute approximate surface area is 110 Å². The highest BCUT2D eigenvalue weighted by Gasteiger charge is 2.38. The highest BCUT2D eigenvalue weighted by molar-refractivity contribution is 7.18. The molecule has 0 amide bonds. The first kappa shape index (κ1) is 14.0. The minimum Gasteiger partial charge on any atom is -0.382 e. The average Bonchev–Trinajstić information content (AvgIpc) is 2.75. The summed E-state index contributed by atoms with van der Waals surface area (Å²) in [5, 5.41) is 9.27. The minimum absolute atomic E-state index is 0.290. The molecular weight excluding hydrogens is 281 g/mol. The summed E-state index contributed by atoms with van der Waals surface area (Å²) < 4.78 is 37.6. The van der Waals surface area contributed by atoms with Gasteiger partial charge >= 0.3 is 6.18 Å². The third-order valence-electron chi connectivity index (χ3n) is 2.67. The first-order valence-electron chi connectivity index (χ1n) is 5.55. The smallest absolute Gasteiger partial charge is 0.382 e. The highest BCUT2D eigenvalue weighted by Crippen LogP contribution is 2.23. The summed E-state index contributed by atoms with van der Waals surface area (Å²) in [6.07, 6.45) is -5.56. The van der Waals surface area contributed by atoms with Crippen molar-refractivity contribution in [2.24, 2.45) is 0 Å². The summed E-state index contributed by atoms with van der Waals surface area (Å²) >= 11 is 1.34. The van der Waals surface area contributed by atoms with Gasteiger partial charge in [0.25, 0.3) is 5.56 Å². The number of nitrogens with zero attached hydrogens (tertiary/aromatic N) is 2. The molecular formula is C11H11F3N2O2S. The van der Waals surface area contributed by atoms with Crippen molar-refractivity contribution in [1.29, 1.82) is 0 Å². The van der Waals surface area contributed by atoms with Crippen LogP contribution in [-0.4, -0.2) is 26.9 Å². The van der Waals surface area contributed by atoms with Crippen molar-refractivity contribution in [2.75, 3.05) is 0 Å². The van der Waals surface area contributed by atoms with Crippen molar-refractivity contribution in [1.82, 2.24) is 9.55 Å². The van der Waals surface area contributed by atoms with E-state index in [-0.39, 0.29) is 0 Å². The minimum atomic E-state index is -4.75. The van der Waals surface area contributed by atoms with Crippen LogP contribution in [0.5, 0.6) is 0 Å². The second-order valence-electron chi connectivity index (χ2n) is 4.04. The molecule has 19 heavy (non-hydrogen) atoms. The Morgan fingerprint density at radius 1 is 1.53 bits per heavy atom. The van der Waals surface area contributed by atoms with Crippen molar-refractivity contribution in [3.8, 4) is 0 Å². The van der Waals surface area contributed by atoms with Crippen LogP contribution in [0, 0.1) is 0 Å². The predicted octanol–water partition coefficient (Wildman–Crippen LogP) is 1.94. The molecule has 0 bridgehead atoms. The lowest BCUT2D eigenvalue weighted by atomic mass is 10.3. The first-order chi connectivity index (χ1) is 8.82. The third-order valence-corrected chi connectivity index (χ3v) is 3.85. The summed E-state index contributed by atoms with van der Waals surface area (Å²) in [5.74, 6) is 0. The van der Waals surface area contributed by atoms with Crippen LogP contribution in [0.2, 0.25) is 0 Å². The van der Waals surface area contributed by atoms with Gasteiger partial charge in [0, 0.05) is 4.88 Å². The van der Waals surface area contributed by atoms with Gasteiger partial charge < -0.3 is 5.11 Å². The van der Waals surface area contributed by atoms with Crippen molar-refractivity contribution in [3.05, 3.63) is 27.6 Å². The fourth-order valence-electron chi connectivity index (χ4n) is 1.60. The number of aliphatic hydroxyl groups excluding tert-OH is 1. The highest BCUT2D eigenvalue weighted by atomic mass is 32.1. The van der Waals surface area contributed by atoms with E-state index < -0.39 is 24.4 Å². The standard InChI is InChI=1S/C11H11F3N2O2S/c1-2-6-3-7-9(19-6)15-5-16(10(7)18)4-8(17)11(12,13)14/h3,5,8,17H,2,4H2,1H3/t8-/m1/s1. The number of hydrogen-bond donors (Lipinski definition) is 1. The third kappa shape index (κ3) is 2.79. The van der Waals surface area contributed by atoms with Gasteiger partial charge in [0.1, 0.15) is 4.83 Å². The first-order valence-corrected chi connectivity index (χ1v) is 6.37. The molecule has 1 N–H and O–H groups in total. The van der Waals surface area contributed by atoms with E-state index in [1.54, 1.807) is 6.07 Å². The molecule has 0 aliphatic rings. The zero-order valence-electron chi connectivity index (χ0n) is 9.94. The number of aromatic nitrogens is 2. The van der Waals surface area contributed by atoms with E-state index in [2.05, 4.69) is 4.98 Å². The monoisotopic (exact) mass is 292 g/mol. The molecule has 0 unspecified atom stereocenters. The number of alkyl halides is 3. The molecule has 2 heterocycles. The Balaban J connectivity index is 2.40. The SMILES string of the molecule is CCc1cc2c(=O)n(C[C@@H](O)C(F)(F)F)cnc2s1. The van der Waals surface area contributed by atoms with E-state index in [0.29, 0.717) is 10.2 Å². The van der Waals surface area contributed by atoms with Gasteiger partial charge in [-0.25, -0.2) is 4.98 Å². The normalized spacial score (nSPS) is 13.9. The molecule has 0 aromatic carbocycles. The lowest BCUT2D eigenvalue weighted by Gasteiger charge is -2.15. The van der Waals surface area contributed by atoms with Crippen molar-refractivity contribution in [2.45, 2.75) is 32.2 Å². The number of rotatable bonds is 3. The maximum Gasteiger partial charge on any atom is 0.416 e. The van der Waals surface area contributed by atoms with Gasteiger partial charge in [-0.3, -0.25) is 9.36 Å². The predicted molar refractivity (Wildman–Crippen MR) is 65.3 cm³/mol. The number of halogens is 3.